The van der Waals surface area contributed by atoms with Crippen LogP contribution in [-0.4, -0.2) is 43.1 Å². The number of hydroxylamine groups is 1. The molecule has 2 amide bonds. The second kappa shape index (κ2) is 10.4. The molecule has 0 bridgehead atoms. The van der Waals surface area contributed by atoms with Crippen molar-refractivity contribution in [2.45, 2.75) is 18.8 Å². The van der Waals surface area contributed by atoms with E-state index in [1.165, 1.54) is 5.32 Å². The van der Waals surface area contributed by atoms with E-state index in [1.807, 2.05) is 0 Å². The topological polar surface area (TPSA) is 96.9 Å². The van der Waals surface area contributed by atoms with Gasteiger partial charge in [0.15, 0.2) is 23.3 Å². The maximum atomic E-state index is 14.9. The second-order valence-electron chi connectivity index (χ2n) is 7.26. The summed E-state index contributed by atoms with van der Waals surface area (Å²) >= 11 is 0. The molecule has 35 heavy (non-hydrogen) atoms. The molecule has 2 aromatic carbocycles. The lowest BCUT2D eigenvalue weighted by Gasteiger charge is -2.14. The van der Waals surface area contributed by atoms with E-state index in [2.05, 4.69) is 9.57 Å². The number of alkyl halides is 2. The number of ether oxygens (including phenoxy) is 1. The monoisotopic (exact) mass is 507 g/mol. The van der Waals surface area contributed by atoms with Crippen molar-refractivity contribution in [2.75, 3.05) is 25.6 Å². The lowest BCUT2D eigenvalue weighted by Crippen LogP contribution is -2.28. The number of benzene rings is 2. The number of halogens is 6. The van der Waals surface area contributed by atoms with Gasteiger partial charge in [0.25, 0.3) is 17.7 Å². The Morgan fingerprint density at radius 2 is 1.69 bits per heavy atom. The van der Waals surface area contributed by atoms with Gasteiger partial charge in [0.05, 0.1) is 29.9 Å². The highest BCUT2D eigenvalue weighted by Gasteiger charge is 2.44. The van der Waals surface area contributed by atoms with Crippen LogP contribution in [0.15, 0.2) is 35.4 Å². The molecule has 0 saturated heterocycles. The Labute approximate surface area is 198 Å². The van der Waals surface area contributed by atoms with Gasteiger partial charge in [-0.2, -0.15) is 0 Å². The Morgan fingerprint density at radius 1 is 1.06 bits per heavy atom. The molecule has 0 fully saturated rings. The van der Waals surface area contributed by atoms with E-state index in [0.29, 0.717) is 0 Å². The number of rotatable bonds is 8. The quantitative estimate of drug-likeness (QED) is 0.220. The van der Waals surface area contributed by atoms with Crippen molar-refractivity contribution in [3.8, 4) is 16.9 Å². The first-order chi connectivity index (χ1) is 17.6. The lowest BCUT2D eigenvalue weighted by molar-refractivity contribution is -0.131. The number of methoxy groups -OCH3 is 1. The Morgan fingerprint density at radius 3 is 2.29 bits per heavy atom. The molecule has 3 N–H and O–H groups in total. The first-order valence-electron chi connectivity index (χ1n) is 11.2. The van der Waals surface area contributed by atoms with Crippen LogP contribution in [0.2, 0.25) is 0 Å². The van der Waals surface area contributed by atoms with E-state index in [0.717, 1.165) is 24.3 Å². The Bertz CT molecular complexity index is 1270. The van der Waals surface area contributed by atoms with Gasteiger partial charge in [0.2, 0.25) is 0 Å². The summed E-state index contributed by atoms with van der Waals surface area (Å²) in [6.07, 6.45) is -2.57. The smallest absolute Gasteiger partial charge is 0.271 e. The predicted octanol–water partition coefficient (Wildman–Crippen LogP) is 3.62. The van der Waals surface area contributed by atoms with E-state index in [-0.39, 0.29) is 0 Å². The molecule has 2 aromatic rings. The normalized spacial score (nSPS) is 16.4. The van der Waals surface area contributed by atoms with E-state index in [4.69, 9.17) is 9.22 Å². The number of nitrogens with one attached hydrogen (secondary N) is 2. The van der Waals surface area contributed by atoms with Crippen LogP contribution in [-0.2, 0) is 14.4 Å². The third-order valence-electron chi connectivity index (χ3n) is 4.88. The second-order valence-corrected chi connectivity index (χ2v) is 7.26. The van der Waals surface area contributed by atoms with E-state index >= 15 is 0 Å². The molecule has 1 aliphatic rings. The summed E-state index contributed by atoms with van der Waals surface area (Å²) in [7, 11) is -2.94. The van der Waals surface area contributed by atoms with Crippen LogP contribution in [0, 0.1) is 23.3 Å². The largest absolute Gasteiger partial charge is 0.497 e. The zero-order valence-electron chi connectivity index (χ0n) is 20.5. The van der Waals surface area contributed by atoms with Gasteiger partial charge in [-0.3, -0.25) is 14.4 Å². The summed E-state index contributed by atoms with van der Waals surface area (Å²) < 4.78 is 113. The zero-order chi connectivity index (χ0) is 28.4. The van der Waals surface area contributed by atoms with E-state index in [1.54, 1.807) is 5.48 Å². The molecular weight excluding hydrogens is 486 g/mol. The molecule has 3 rings (SSSR count). The van der Waals surface area contributed by atoms with Gasteiger partial charge in [-0.15, -0.1) is 0 Å². The van der Waals surface area contributed by atoms with Crippen LogP contribution < -0.4 is 15.5 Å². The van der Waals surface area contributed by atoms with E-state index in [9.17, 15) is 35.9 Å². The maximum absolute atomic E-state index is 14.9. The van der Waals surface area contributed by atoms with E-state index < -0.39 is 108 Å². The number of carbonyl (C=O) groups is 2. The van der Waals surface area contributed by atoms with Crippen LogP contribution in [0.1, 0.15) is 17.0 Å². The minimum absolute atomic E-state index is 0.401. The number of carbonyl (C=O) groups excluding carboxylic acids is 2. The number of aliphatic hydroxyl groups is 1. The molecule has 13 heteroatoms. The molecule has 0 aromatic heterocycles. The van der Waals surface area contributed by atoms with Crippen molar-refractivity contribution in [3.05, 3.63) is 58.7 Å². The Kier molecular flexibility index (Phi) is 6.49. The van der Waals surface area contributed by atoms with Gasteiger partial charge < -0.3 is 15.2 Å². The molecule has 0 saturated carbocycles. The third kappa shape index (κ3) is 5.41. The first-order valence-corrected chi connectivity index (χ1v) is 9.74. The Hall–Kier alpha value is -3.58. The highest BCUT2D eigenvalue weighted by atomic mass is 19.3. The molecule has 0 heterocycles. The number of anilines is 1. The van der Waals surface area contributed by atoms with Gasteiger partial charge in [-0.25, -0.2) is 31.8 Å². The highest BCUT2D eigenvalue weighted by Crippen LogP contribution is 2.41. The van der Waals surface area contributed by atoms with Crippen molar-refractivity contribution >= 4 is 17.5 Å². The van der Waals surface area contributed by atoms with Crippen molar-refractivity contribution in [2.24, 2.45) is 0 Å². The zero-order valence-corrected chi connectivity index (χ0v) is 17.5. The Balaban J connectivity index is 1.97. The summed E-state index contributed by atoms with van der Waals surface area (Å²) in [6.45, 7) is -0.950. The number of aliphatic hydroxyl groups excluding tert-OH is 1. The summed E-state index contributed by atoms with van der Waals surface area (Å²) in [5.41, 5.74) is -3.44. The summed E-state index contributed by atoms with van der Waals surface area (Å²) in [5, 5.41) is 10.1. The molecule has 1 aliphatic carbocycles. The average molecular weight is 507 g/mol. The van der Waals surface area contributed by atoms with Gasteiger partial charge in [-0.1, -0.05) is 12.1 Å². The fourth-order valence-corrected chi connectivity index (χ4v) is 3.35. The van der Waals surface area contributed by atoms with Crippen LogP contribution in [0.5, 0.6) is 5.75 Å². The van der Waals surface area contributed by atoms with Crippen molar-refractivity contribution in [1.29, 1.82) is 0 Å². The molecular formula is C22H18F6N2O5. The minimum atomic E-state index is -3.60. The van der Waals surface area contributed by atoms with Crippen molar-refractivity contribution in [1.82, 2.24) is 5.48 Å². The van der Waals surface area contributed by atoms with Crippen molar-refractivity contribution < 1.29 is 54.7 Å². The van der Waals surface area contributed by atoms with Gasteiger partial charge >= 0.3 is 0 Å². The average Bonchev–Trinajstić information content (AvgIpc) is 3.15. The molecule has 0 radical (unpaired) electrons. The summed E-state index contributed by atoms with van der Waals surface area (Å²) in [4.78, 5) is 29.2. The van der Waals surface area contributed by atoms with Crippen LogP contribution in [0.25, 0.3) is 11.1 Å². The molecule has 0 unspecified atom stereocenters. The number of hydrogen-bond acceptors (Lipinski definition) is 5. The fraction of sp³-hybridized carbons (Fsp3) is 0.273. The number of amides is 2. The predicted molar refractivity (Wildman–Crippen MR) is 109 cm³/mol. The first kappa shape index (κ1) is 21.9. The molecule has 188 valence electrons. The molecule has 0 atom stereocenters. The van der Waals surface area contributed by atoms with Crippen LogP contribution in [0.4, 0.5) is 32.0 Å². The lowest BCUT2D eigenvalue weighted by atomic mass is 10.0. The van der Waals surface area contributed by atoms with Gasteiger partial charge in [0, 0.05) is 24.0 Å². The molecule has 0 spiro atoms. The van der Waals surface area contributed by atoms with Gasteiger partial charge in [-0.05, 0) is 17.7 Å². The highest BCUT2D eigenvalue weighted by molar-refractivity contribution is 6.11. The summed E-state index contributed by atoms with van der Waals surface area (Å²) in [5.74, 6) is -15.1. The van der Waals surface area contributed by atoms with Crippen LogP contribution >= 0.6 is 0 Å². The maximum Gasteiger partial charge on any atom is 0.271 e. The third-order valence-corrected chi connectivity index (χ3v) is 4.88. The molecule has 0 aliphatic heterocycles. The minimum Gasteiger partial charge on any atom is -0.497 e. The summed E-state index contributed by atoms with van der Waals surface area (Å²) in [6, 6.07) is 4.02. The molecule has 7 nitrogen and oxygen atoms in total. The van der Waals surface area contributed by atoms with Gasteiger partial charge in [0.1, 0.15) is 11.4 Å². The fourth-order valence-electron chi connectivity index (χ4n) is 3.35. The number of hydrogen-bond donors (Lipinski definition) is 3. The standard InChI is InChI=1S/C22H18F6N2O5/c1-34-11-4-2-3-10(7-11)14-15(23)17(25)19(18(26)16(14)24)29-20(32)12-8-22(27,28)9-13(12)21(33)30-35-6-5-31/h2-4,7,31H,5-6,8-9H2,1H3,(H,29,32)(H,30,33)/i1D3. The van der Waals surface area contributed by atoms with Crippen molar-refractivity contribution in [3.63, 3.8) is 0 Å². The SMILES string of the molecule is [2H]C([2H])([2H])Oc1cccc(-c2c(F)c(F)c(NC(=O)C3=C(C(=O)NOCCO)CC(F)(F)C3)c(F)c2F)c1. The van der Waals surface area contributed by atoms with Crippen LogP contribution in [0.3, 0.4) is 0 Å².